The Morgan fingerprint density at radius 1 is 0.300 bits per heavy atom. The van der Waals surface area contributed by atoms with Crippen LogP contribution in [0, 0.1) is 0 Å². The van der Waals surface area contributed by atoms with E-state index in [9.17, 15) is 5.11 Å². The van der Waals surface area contributed by atoms with E-state index >= 15 is 0 Å². The molecule has 0 radical (unpaired) electrons. The maximum absolute atomic E-state index is 12.2. The molecule has 0 aliphatic carbocycles. The number of rotatable bonds is 6. The molecule has 0 heterocycles. The average Bonchev–Trinajstić information content (AvgIpc) is 3.21. The second-order valence-electron chi connectivity index (χ2n) is 20.3. The van der Waals surface area contributed by atoms with Crippen LogP contribution in [0.2, 0.25) is 0 Å². The van der Waals surface area contributed by atoms with Crippen LogP contribution in [0.15, 0.2) is 176 Å². The Labute approximate surface area is 362 Å². The Kier molecular flexibility index (Phi) is 12.9. The summed E-state index contributed by atoms with van der Waals surface area (Å²) in [6.07, 6.45) is 0. The van der Waals surface area contributed by atoms with Crippen LogP contribution in [0.4, 0.5) is 0 Å². The monoisotopic (exact) mass is 808 g/mol. The van der Waals surface area contributed by atoms with Crippen LogP contribution < -0.4 is 26.3 Å². The zero-order valence-corrected chi connectivity index (χ0v) is 39.0. The lowest BCUT2D eigenvalue weighted by molar-refractivity contribution is -0.267. The fourth-order valence-electron chi connectivity index (χ4n) is 7.93. The van der Waals surface area contributed by atoms with Gasteiger partial charge in [-0.05, 0) is 115 Å². The van der Waals surface area contributed by atoms with Crippen molar-refractivity contribution < 1.29 is 5.11 Å². The summed E-state index contributed by atoms with van der Waals surface area (Å²) in [5.41, 5.74) is 9.70. The highest BCUT2D eigenvalue weighted by Crippen LogP contribution is 2.55. The molecule has 0 unspecified atom stereocenters. The molecule has 2 heteroatoms. The molecule has 0 amide bonds. The average molecular weight is 809 g/mol. The van der Waals surface area contributed by atoms with E-state index in [-0.39, 0.29) is 27.4 Å². The summed E-state index contributed by atoms with van der Waals surface area (Å²) < 4.78 is 0. The van der Waals surface area contributed by atoms with Crippen molar-refractivity contribution in [2.75, 3.05) is 0 Å². The molecule has 7 aromatic rings. The van der Waals surface area contributed by atoms with Crippen LogP contribution in [0.3, 0.4) is 0 Å². The molecule has 308 valence electrons. The van der Waals surface area contributed by atoms with Crippen LogP contribution >= 0.6 is 7.26 Å². The molecular formula is C58H65OP. The summed E-state index contributed by atoms with van der Waals surface area (Å²) in [5.74, 6) is 0.0625. The van der Waals surface area contributed by atoms with Crippen molar-refractivity contribution in [3.8, 4) is 28.0 Å². The second-order valence-corrected chi connectivity index (χ2v) is 23.7. The minimum atomic E-state index is -2.19. The summed E-state index contributed by atoms with van der Waals surface area (Å²) in [6.45, 7) is 27.6. The highest BCUT2D eigenvalue weighted by molar-refractivity contribution is 8.01. The Balaban J connectivity index is 0.000000263. The van der Waals surface area contributed by atoms with E-state index in [1.165, 1.54) is 43.5 Å². The van der Waals surface area contributed by atoms with Crippen molar-refractivity contribution >= 4 is 28.5 Å². The van der Waals surface area contributed by atoms with Gasteiger partial charge in [-0.15, -0.1) is 5.75 Å². The van der Waals surface area contributed by atoms with Crippen molar-refractivity contribution in [2.45, 2.75) is 105 Å². The Bertz CT molecular complexity index is 2210. The molecule has 0 spiro atoms. The van der Waals surface area contributed by atoms with E-state index in [0.717, 1.165) is 22.3 Å². The first kappa shape index (κ1) is 44.3. The van der Waals surface area contributed by atoms with Gasteiger partial charge in [-0.25, -0.2) is 0 Å². The zero-order chi connectivity index (χ0) is 43.5. The van der Waals surface area contributed by atoms with E-state index in [1.807, 2.05) is 72.8 Å². The molecule has 0 saturated heterocycles. The van der Waals surface area contributed by atoms with Crippen LogP contribution in [-0.2, 0) is 21.7 Å². The van der Waals surface area contributed by atoms with Crippen LogP contribution in [0.25, 0.3) is 22.3 Å². The maximum Gasteiger partial charge on any atom is 0.144 e. The molecular weight excluding hydrogens is 744 g/mol. The predicted octanol–water partition coefficient (Wildman–Crippen LogP) is 13.6. The number of hydrogen-bond donors (Lipinski definition) is 0. The van der Waals surface area contributed by atoms with Gasteiger partial charge in [-0.2, -0.15) is 0 Å². The van der Waals surface area contributed by atoms with E-state index in [0.29, 0.717) is 0 Å². The van der Waals surface area contributed by atoms with Crippen molar-refractivity contribution in [3.63, 3.8) is 0 Å². The third-order valence-electron chi connectivity index (χ3n) is 11.7. The third-order valence-corrected chi connectivity index (χ3v) is 15.9. The van der Waals surface area contributed by atoms with Gasteiger partial charge in [-0.1, -0.05) is 210 Å². The smallest absolute Gasteiger partial charge is 0.144 e. The molecule has 0 saturated carbocycles. The molecule has 60 heavy (non-hydrogen) atoms. The van der Waals surface area contributed by atoms with Crippen molar-refractivity contribution in [3.05, 3.63) is 198 Å². The quantitative estimate of drug-likeness (QED) is 0.154. The zero-order valence-electron chi connectivity index (χ0n) is 38.1. The molecule has 0 atom stereocenters. The first-order valence-electron chi connectivity index (χ1n) is 21.4. The SMILES string of the molecule is CC(C)(C)c1ccc([P+](c2ccc(C(C)(C)C)cc2)(c2ccc(C(C)(C)C)cc2)c2ccc(C(C)(C)C)cc2)cc1.[O-]c1cccc(-c2ccccc2)c1-c1ccccc1. The van der Waals surface area contributed by atoms with Crippen molar-refractivity contribution in [1.29, 1.82) is 0 Å². The summed E-state index contributed by atoms with van der Waals surface area (Å²) in [6, 6.07) is 63.5. The summed E-state index contributed by atoms with van der Waals surface area (Å²) in [5, 5.41) is 17.8. The molecule has 7 aromatic carbocycles. The highest BCUT2D eigenvalue weighted by Gasteiger charge is 2.48. The number of benzene rings is 7. The predicted molar refractivity (Wildman–Crippen MR) is 263 cm³/mol. The fourth-order valence-corrected chi connectivity index (χ4v) is 12.1. The van der Waals surface area contributed by atoms with E-state index in [2.05, 4.69) is 180 Å². The van der Waals surface area contributed by atoms with Gasteiger partial charge in [-0.3, -0.25) is 0 Å². The second kappa shape index (κ2) is 17.4. The van der Waals surface area contributed by atoms with E-state index < -0.39 is 7.26 Å². The molecule has 0 aromatic heterocycles. The van der Waals surface area contributed by atoms with Gasteiger partial charge < -0.3 is 5.11 Å². The van der Waals surface area contributed by atoms with Crippen LogP contribution in [0.1, 0.15) is 105 Å². The molecule has 0 bridgehead atoms. The van der Waals surface area contributed by atoms with Gasteiger partial charge in [0.1, 0.15) is 28.5 Å². The summed E-state index contributed by atoms with van der Waals surface area (Å²) in [7, 11) is -2.19. The molecule has 0 fully saturated rings. The fraction of sp³-hybridized carbons (Fsp3) is 0.276. The molecule has 0 N–H and O–H groups in total. The van der Waals surface area contributed by atoms with Crippen LogP contribution in [-0.4, -0.2) is 0 Å². The molecule has 7 rings (SSSR count). The van der Waals surface area contributed by atoms with Gasteiger partial charge in [0, 0.05) is 0 Å². The molecule has 0 aliphatic rings. The van der Waals surface area contributed by atoms with E-state index in [1.54, 1.807) is 6.07 Å². The van der Waals surface area contributed by atoms with Gasteiger partial charge >= 0.3 is 0 Å². The van der Waals surface area contributed by atoms with Gasteiger partial charge in [0.15, 0.2) is 0 Å². The lowest BCUT2D eigenvalue weighted by Gasteiger charge is -2.30. The lowest BCUT2D eigenvalue weighted by Crippen LogP contribution is -2.39. The minimum Gasteiger partial charge on any atom is -0.872 e. The van der Waals surface area contributed by atoms with Crippen LogP contribution in [0.5, 0.6) is 5.75 Å². The molecule has 0 aliphatic heterocycles. The lowest BCUT2D eigenvalue weighted by atomic mass is 9.87. The topological polar surface area (TPSA) is 23.1 Å². The van der Waals surface area contributed by atoms with Gasteiger partial charge in [0.25, 0.3) is 0 Å². The summed E-state index contributed by atoms with van der Waals surface area (Å²) in [4.78, 5) is 0. The first-order chi connectivity index (χ1) is 28.2. The van der Waals surface area contributed by atoms with Gasteiger partial charge in [0.2, 0.25) is 0 Å². The summed E-state index contributed by atoms with van der Waals surface area (Å²) >= 11 is 0. The van der Waals surface area contributed by atoms with Gasteiger partial charge in [0.05, 0.1) is 0 Å². The van der Waals surface area contributed by atoms with E-state index in [4.69, 9.17) is 0 Å². The Morgan fingerprint density at radius 3 is 0.867 bits per heavy atom. The molecule has 1 nitrogen and oxygen atoms in total. The highest BCUT2D eigenvalue weighted by atomic mass is 31.2. The standard InChI is InChI=1S/C40H52P.C18H14O/c1-37(2,3)29-13-21-33(22-14-29)41(34-23-15-30(16-24-34)38(4,5)6,35-25-17-31(18-26-35)39(7,8)9)36-27-19-32(20-28-36)40(10,11)12;19-17-13-7-12-16(14-8-3-1-4-9-14)18(17)15-10-5-2-6-11-15/h13-28H,1-12H3;1-13,19H/q+1;/p-1. The third kappa shape index (κ3) is 9.70. The largest absolute Gasteiger partial charge is 0.872 e. The maximum atomic E-state index is 12.2. The number of hydrogen-bond acceptors (Lipinski definition) is 1. The Morgan fingerprint density at radius 2 is 0.583 bits per heavy atom. The normalized spacial score (nSPS) is 12.4. The minimum absolute atomic E-state index is 0.0625. The van der Waals surface area contributed by atoms with Crippen molar-refractivity contribution in [1.82, 2.24) is 0 Å². The van der Waals surface area contributed by atoms with Crippen molar-refractivity contribution in [2.24, 2.45) is 0 Å². The first-order valence-corrected chi connectivity index (χ1v) is 23.2. The Hall–Kier alpha value is -5.23.